The van der Waals surface area contributed by atoms with Crippen LogP contribution in [0.25, 0.3) is 0 Å². The quantitative estimate of drug-likeness (QED) is 0.0808. The van der Waals surface area contributed by atoms with Crippen molar-refractivity contribution < 1.29 is 19.1 Å². The number of carbonyl (C=O) groups excluding carboxylic acids is 2. The van der Waals surface area contributed by atoms with Gasteiger partial charge in [-0.25, -0.2) is 0 Å². The van der Waals surface area contributed by atoms with Crippen LogP contribution in [0.4, 0.5) is 0 Å². The topological polar surface area (TPSA) is 52.6 Å². The second kappa shape index (κ2) is 32.2. The van der Waals surface area contributed by atoms with Crippen LogP contribution in [0.5, 0.6) is 0 Å². The lowest BCUT2D eigenvalue weighted by atomic mass is 10.1. The number of rotatable bonds is 26. The van der Waals surface area contributed by atoms with E-state index in [0.717, 1.165) is 12.8 Å². The number of ether oxygens (including phenoxy) is 2. The molecule has 0 saturated carbocycles. The molecule has 0 aromatic heterocycles. The Morgan fingerprint density at radius 3 is 0.816 bits per heavy atom. The number of hydrogen-bond acceptors (Lipinski definition) is 4. The molecule has 0 spiro atoms. The molecular weight excluding hydrogens is 472 g/mol. The normalized spacial score (nSPS) is 10.9. The molecule has 4 heteroatoms. The summed E-state index contributed by atoms with van der Waals surface area (Å²) in [5, 5.41) is 0. The van der Waals surface area contributed by atoms with Gasteiger partial charge in [0.05, 0.1) is 12.2 Å². The summed E-state index contributed by atoms with van der Waals surface area (Å²) in [7, 11) is 0. The fraction of sp³-hybridized carbons (Fsp3) is 0.941. The number of unbranched alkanes of at least 4 members (excludes halogenated alkanes) is 20. The highest BCUT2D eigenvalue weighted by atomic mass is 16.5. The van der Waals surface area contributed by atoms with Crippen molar-refractivity contribution in [3.05, 3.63) is 0 Å². The van der Waals surface area contributed by atoms with Gasteiger partial charge in [0.1, 0.15) is 0 Å². The van der Waals surface area contributed by atoms with Crippen molar-refractivity contribution in [2.75, 3.05) is 0 Å². The van der Waals surface area contributed by atoms with Crippen LogP contribution < -0.4 is 0 Å². The molecule has 0 unspecified atom stereocenters. The van der Waals surface area contributed by atoms with E-state index in [1.807, 2.05) is 27.7 Å². The van der Waals surface area contributed by atoms with Crippen molar-refractivity contribution in [2.45, 2.75) is 208 Å². The molecule has 228 valence electrons. The summed E-state index contributed by atoms with van der Waals surface area (Å²) >= 11 is 0. The Balaban J connectivity index is 0. The van der Waals surface area contributed by atoms with Gasteiger partial charge in [0, 0.05) is 12.8 Å². The summed E-state index contributed by atoms with van der Waals surface area (Å²) in [4.78, 5) is 22.6. The van der Waals surface area contributed by atoms with Crippen LogP contribution in [0.15, 0.2) is 0 Å². The smallest absolute Gasteiger partial charge is 0.306 e. The molecule has 0 N–H and O–H groups in total. The van der Waals surface area contributed by atoms with E-state index >= 15 is 0 Å². The van der Waals surface area contributed by atoms with Gasteiger partial charge in [0.2, 0.25) is 0 Å². The SMILES string of the molecule is CCCCCCCCCCCCCC(=O)OC(C)C.CCCCCCCCCCCCCC(=O)OC(C)C. The first kappa shape index (κ1) is 39.1. The third-order valence-corrected chi connectivity index (χ3v) is 6.70. The van der Waals surface area contributed by atoms with E-state index in [9.17, 15) is 9.59 Å². The first-order chi connectivity index (χ1) is 18.3. The van der Waals surface area contributed by atoms with E-state index < -0.39 is 0 Å². The summed E-state index contributed by atoms with van der Waals surface area (Å²) in [6, 6.07) is 0. The predicted octanol–water partition coefficient (Wildman–Crippen LogP) is 11.3. The number of esters is 2. The molecule has 0 fully saturated rings. The fourth-order valence-electron chi connectivity index (χ4n) is 4.51. The molecule has 0 radical (unpaired) electrons. The zero-order valence-electron chi connectivity index (χ0n) is 26.8. The molecule has 0 aliphatic heterocycles. The number of carbonyl (C=O) groups is 2. The Morgan fingerprint density at radius 1 is 0.395 bits per heavy atom. The van der Waals surface area contributed by atoms with Crippen LogP contribution in [0, 0.1) is 0 Å². The lowest BCUT2D eigenvalue weighted by Crippen LogP contribution is -2.10. The summed E-state index contributed by atoms with van der Waals surface area (Å²) < 4.78 is 10.2. The average Bonchev–Trinajstić information content (AvgIpc) is 2.85. The number of hydrogen-bond donors (Lipinski definition) is 0. The fourth-order valence-corrected chi connectivity index (χ4v) is 4.51. The highest BCUT2D eigenvalue weighted by Gasteiger charge is 2.05. The van der Waals surface area contributed by atoms with Crippen molar-refractivity contribution in [2.24, 2.45) is 0 Å². The van der Waals surface area contributed by atoms with E-state index in [1.165, 1.54) is 128 Å². The van der Waals surface area contributed by atoms with Gasteiger partial charge in [-0.05, 0) is 40.5 Å². The van der Waals surface area contributed by atoms with E-state index in [1.54, 1.807) is 0 Å². The maximum Gasteiger partial charge on any atom is 0.306 e. The maximum absolute atomic E-state index is 11.3. The van der Waals surface area contributed by atoms with E-state index in [0.29, 0.717) is 12.8 Å². The summed E-state index contributed by atoms with van der Waals surface area (Å²) in [5.74, 6) is -0.0724. The van der Waals surface area contributed by atoms with Gasteiger partial charge >= 0.3 is 11.9 Å². The van der Waals surface area contributed by atoms with Crippen LogP contribution in [-0.4, -0.2) is 24.1 Å². The van der Waals surface area contributed by atoms with E-state index in [4.69, 9.17) is 9.47 Å². The van der Waals surface area contributed by atoms with Crippen LogP contribution in [0.1, 0.15) is 196 Å². The highest BCUT2D eigenvalue weighted by molar-refractivity contribution is 5.69. The molecule has 0 aromatic carbocycles. The van der Waals surface area contributed by atoms with Gasteiger partial charge in [-0.15, -0.1) is 0 Å². The first-order valence-corrected chi connectivity index (χ1v) is 16.7. The third kappa shape index (κ3) is 37.1. The Hall–Kier alpha value is -1.06. The van der Waals surface area contributed by atoms with Crippen molar-refractivity contribution in [3.8, 4) is 0 Å². The second-order valence-corrected chi connectivity index (χ2v) is 11.6. The minimum Gasteiger partial charge on any atom is -0.463 e. The molecule has 4 nitrogen and oxygen atoms in total. The summed E-state index contributed by atoms with van der Waals surface area (Å²) in [6.07, 6.45) is 30.2. The summed E-state index contributed by atoms with van der Waals surface area (Å²) in [5.41, 5.74) is 0. The molecule has 0 atom stereocenters. The Kier molecular flexibility index (Phi) is 33.1. The largest absolute Gasteiger partial charge is 0.463 e. The lowest BCUT2D eigenvalue weighted by Gasteiger charge is -2.07. The van der Waals surface area contributed by atoms with Gasteiger partial charge in [-0.1, -0.05) is 142 Å². The van der Waals surface area contributed by atoms with E-state index in [-0.39, 0.29) is 24.1 Å². The molecule has 0 aliphatic carbocycles. The van der Waals surface area contributed by atoms with Crippen LogP contribution in [0.2, 0.25) is 0 Å². The summed E-state index contributed by atoms with van der Waals surface area (Å²) in [6.45, 7) is 12.1. The van der Waals surface area contributed by atoms with Gasteiger partial charge < -0.3 is 9.47 Å². The van der Waals surface area contributed by atoms with Crippen LogP contribution in [0.3, 0.4) is 0 Å². The van der Waals surface area contributed by atoms with E-state index in [2.05, 4.69) is 13.8 Å². The Bertz CT molecular complexity index is 443. The Labute approximate surface area is 238 Å². The highest BCUT2D eigenvalue weighted by Crippen LogP contribution is 2.13. The minimum absolute atomic E-state index is 0.0280. The van der Waals surface area contributed by atoms with Crippen molar-refractivity contribution >= 4 is 11.9 Å². The molecule has 38 heavy (non-hydrogen) atoms. The Morgan fingerprint density at radius 2 is 0.605 bits per heavy atom. The second-order valence-electron chi connectivity index (χ2n) is 11.6. The first-order valence-electron chi connectivity index (χ1n) is 16.7. The molecule has 0 aromatic rings. The zero-order chi connectivity index (χ0) is 28.7. The molecule has 0 aliphatic rings. The zero-order valence-corrected chi connectivity index (χ0v) is 26.8. The van der Waals surface area contributed by atoms with Crippen molar-refractivity contribution in [1.82, 2.24) is 0 Å². The van der Waals surface area contributed by atoms with Gasteiger partial charge in [0.25, 0.3) is 0 Å². The molecule has 0 amide bonds. The monoisotopic (exact) mass is 541 g/mol. The van der Waals surface area contributed by atoms with Crippen molar-refractivity contribution in [1.29, 1.82) is 0 Å². The molecular formula is C34H68O4. The molecule has 0 heterocycles. The molecule has 0 bridgehead atoms. The maximum atomic E-state index is 11.3. The predicted molar refractivity (Wildman–Crippen MR) is 165 cm³/mol. The van der Waals surface area contributed by atoms with Crippen LogP contribution in [-0.2, 0) is 19.1 Å². The average molecular weight is 541 g/mol. The standard InChI is InChI=1S/2C17H34O2/c2*1-4-5-6-7-8-9-10-11-12-13-14-15-17(18)19-16(2)3/h2*16H,4-15H2,1-3H3. The van der Waals surface area contributed by atoms with Gasteiger partial charge in [-0.3, -0.25) is 9.59 Å². The third-order valence-electron chi connectivity index (χ3n) is 6.70. The van der Waals surface area contributed by atoms with Gasteiger partial charge in [-0.2, -0.15) is 0 Å². The molecule has 0 saturated heterocycles. The van der Waals surface area contributed by atoms with Gasteiger partial charge in [0.15, 0.2) is 0 Å². The van der Waals surface area contributed by atoms with Crippen molar-refractivity contribution in [3.63, 3.8) is 0 Å². The minimum atomic E-state index is -0.0362. The van der Waals surface area contributed by atoms with Crippen LogP contribution >= 0.6 is 0 Å². The lowest BCUT2D eigenvalue weighted by molar-refractivity contribution is -0.148. The molecule has 0 rings (SSSR count).